The van der Waals surface area contributed by atoms with Gasteiger partial charge < -0.3 is 0 Å². The van der Waals surface area contributed by atoms with Gasteiger partial charge in [-0.05, 0) is 97.5 Å². The average molecular weight is 713 g/mol. The number of halogens is 2. The Morgan fingerprint density at radius 3 is 1.20 bits per heavy atom. The second-order valence-electron chi connectivity index (χ2n) is 14.6. The van der Waals surface area contributed by atoms with E-state index in [0.29, 0.717) is 12.8 Å². The number of hydrogen-bond acceptors (Lipinski definition) is 5. The van der Waals surface area contributed by atoms with Gasteiger partial charge >= 0.3 is 0 Å². The highest BCUT2D eigenvalue weighted by Gasteiger charge is 2.72. The van der Waals surface area contributed by atoms with Gasteiger partial charge in [0.2, 0.25) is 0 Å². The summed E-state index contributed by atoms with van der Waals surface area (Å²) in [5.41, 5.74) is 6.05. The Kier molecular flexibility index (Phi) is 8.11. The van der Waals surface area contributed by atoms with Crippen LogP contribution >= 0.6 is 0 Å². The zero-order chi connectivity index (χ0) is 37.0. The van der Waals surface area contributed by atoms with Gasteiger partial charge in [0.05, 0.1) is 34.6 Å². The highest BCUT2D eigenvalue weighted by Crippen LogP contribution is 2.60. The molecule has 54 heavy (non-hydrogen) atoms. The predicted molar refractivity (Wildman–Crippen MR) is 211 cm³/mol. The minimum absolute atomic E-state index is 0.0517. The molecule has 2 spiro atoms. The van der Waals surface area contributed by atoms with Crippen LogP contribution in [0.2, 0.25) is 0 Å². The Labute approximate surface area is 313 Å². The van der Waals surface area contributed by atoms with Crippen molar-refractivity contribution in [2.75, 3.05) is 10.0 Å². The number of ketones is 1. The number of Topliss-reactive ketones (excluding diaryl/α,β-unsaturated/α-hetero) is 1. The van der Waals surface area contributed by atoms with Crippen LogP contribution in [0.5, 0.6) is 0 Å². The van der Waals surface area contributed by atoms with Gasteiger partial charge in [0.25, 0.3) is 0 Å². The summed E-state index contributed by atoms with van der Waals surface area (Å²) < 4.78 is 29.3. The molecule has 0 amide bonds. The quantitative estimate of drug-likeness (QED) is 0.173. The van der Waals surface area contributed by atoms with E-state index in [1.54, 1.807) is 24.3 Å². The minimum Gasteiger partial charge on any atom is -0.294 e. The molecule has 0 aromatic heterocycles. The molecular weight excluding hydrogens is 675 g/mol. The monoisotopic (exact) mass is 712 g/mol. The van der Waals surface area contributed by atoms with Gasteiger partial charge in [0.1, 0.15) is 22.7 Å². The second kappa shape index (κ2) is 13.0. The van der Waals surface area contributed by atoms with Crippen molar-refractivity contribution in [3.63, 3.8) is 0 Å². The summed E-state index contributed by atoms with van der Waals surface area (Å²) in [6, 6.07) is 49.1. The normalized spacial score (nSPS) is 23.4. The van der Waals surface area contributed by atoms with E-state index >= 15 is 4.79 Å². The molecule has 2 aliphatic heterocycles. The fraction of sp³-hybridized carbons (Fsp3) is 0.170. The average Bonchev–Trinajstić information content (AvgIpc) is 3.84. The summed E-state index contributed by atoms with van der Waals surface area (Å²) in [6.07, 6.45) is 0.832. The molecule has 6 aromatic carbocycles. The molecule has 3 aliphatic rings. The zero-order valence-corrected chi connectivity index (χ0v) is 30.0. The van der Waals surface area contributed by atoms with Crippen molar-refractivity contribution in [1.82, 2.24) is 0 Å². The summed E-state index contributed by atoms with van der Waals surface area (Å²) in [7, 11) is 0. The summed E-state index contributed by atoms with van der Waals surface area (Å²) in [5, 5.41) is 14.7. The predicted octanol–water partition coefficient (Wildman–Crippen LogP) is 10.1. The third-order valence-corrected chi connectivity index (χ3v) is 11.4. The number of hydrazone groups is 2. The number of rotatable bonds is 6. The number of carbonyl (C=O) groups is 1. The third-order valence-electron chi connectivity index (χ3n) is 11.4. The molecule has 5 nitrogen and oxygen atoms in total. The van der Waals surface area contributed by atoms with Crippen LogP contribution in [-0.4, -0.2) is 28.3 Å². The first kappa shape index (κ1) is 33.6. The Morgan fingerprint density at radius 2 is 0.852 bits per heavy atom. The maximum atomic E-state index is 16.7. The number of carbonyl (C=O) groups excluding carboxylic acids is 1. The lowest BCUT2D eigenvalue weighted by molar-refractivity contribution is -0.126. The van der Waals surface area contributed by atoms with Crippen molar-refractivity contribution in [1.29, 1.82) is 0 Å². The van der Waals surface area contributed by atoms with Gasteiger partial charge in [-0.1, -0.05) is 120 Å². The summed E-state index contributed by atoms with van der Waals surface area (Å²) in [5.74, 6) is -1.89. The molecule has 1 aliphatic carbocycles. The SMILES string of the molecule is Cc1ccc(N2N=C(c3ccccc3)C(c3ccc(F)cc3)C23CCC2(C3=O)C(c3ccc(F)cc3)C(c3ccccc3)=NN2c2ccc(C)cc2)cc1. The van der Waals surface area contributed by atoms with E-state index in [9.17, 15) is 8.78 Å². The maximum Gasteiger partial charge on any atom is 0.190 e. The molecule has 266 valence electrons. The van der Waals surface area contributed by atoms with Gasteiger partial charge in [-0.15, -0.1) is 0 Å². The van der Waals surface area contributed by atoms with E-state index in [1.807, 2.05) is 133 Å². The lowest BCUT2D eigenvalue weighted by Gasteiger charge is -2.43. The summed E-state index contributed by atoms with van der Waals surface area (Å²) in [4.78, 5) is 16.7. The van der Waals surface area contributed by atoms with Crippen LogP contribution in [0.3, 0.4) is 0 Å². The third kappa shape index (κ3) is 5.21. The molecule has 1 fully saturated rings. The summed E-state index contributed by atoms with van der Waals surface area (Å²) in [6.45, 7) is 4.07. The van der Waals surface area contributed by atoms with Crippen LogP contribution in [-0.2, 0) is 4.79 Å². The van der Waals surface area contributed by atoms with Crippen molar-refractivity contribution < 1.29 is 13.6 Å². The maximum absolute atomic E-state index is 16.7. The zero-order valence-electron chi connectivity index (χ0n) is 30.0. The number of aryl methyl sites for hydroxylation is 2. The smallest absolute Gasteiger partial charge is 0.190 e. The lowest BCUT2D eigenvalue weighted by Crippen LogP contribution is -2.61. The molecule has 1 saturated carbocycles. The van der Waals surface area contributed by atoms with Crippen molar-refractivity contribution in [2.45, 2.75) is 49.6 Å². The standard InChI is InChI=1S/C47H38F2N4O/c1-31-13-25-39(26-14-31)52-46(41(33-17-21-37(48)22-18-33)43(50-52)35-9-5-3-6-10-35)29-30-47(45(46)54)42(34-19-23-38(49)24-20-34)44(36-11-7-4-8-12-36)51-53(47)40-27-15-32(2)16-28-40/h3-28,41-42H,29-30H2,1-2H3. The van der Waals surface area contributed by atoms with E-state index < -0.39 is 22.9 Å². The Balaban J connectivity index is 1.33. The van der Waals surface area contributed by atoms with Crippen molar-refractivity contribution in [2.24, 2.45) is 10.2 Å². The lowest BCUT2D eigenvalue weighted by atomic mass is 9.68. The number of benzene rings is 6. The molecule has 0 radical (unpaired) electrons. The summed E-state index contributed by atoms with van der Waals surface area (Å²) >= 11 is 0. The van der Waals surface area contributed by atoms with Gasteiger partial charge in [-0.25, -0.2) is 8.78 Å². The number of nitrogens with zero attached hydrogens (tertiary/aromatic N) is 4. The van der Waals surface area contributed by atoms with Crippen LogP contribution in [0.1, 0.15) is 58.1 Å². The fourth-order valence-corrected chi connectivity index (χ4v) is 8.94. The van der Waals surface area contributed by atoms with E-state index in [0.717, 1.165) is 56.2 Å². The molecule has 0 bridgehead atoms. The molecule has 7 heteroatoms. The second-order valence-corrected chi connectivity index (χ2v) is 14.6. The van der Waals surface area contributed by atoms with Gasteiger partial charge in [-0.2, -0.15) is 10.2 Å². The first-order valence-electron chi connectivity index (χ1n) is 18.4. The highest BCUT2D eigenvalue weighted by atomic mass is 19.1. The minimum atomic E-state index is -1.25. The number of anilines is 2. The van der Waals surface area contributed by atoms with Crippen LogP contribution in [0.15, 0.2) is 168 Å². The Morgan fingerprint density at radius 1 is 0.500 bits per heavy atom. The van der Waals surface area contributed by atoms with E-state index in [4.69, 9.17) is 10.2 Å². The van der Waals surface area contributed by atoms with Crippen molar-refractivity contribution in [3.05, 3.63) is 203 Å². The van der Waals surface area contributed by atoms with Crippen LogP contribution in [0, 0.1) is 25.5 Å². The molecule has 4 unspecified atom stereocenters. The van der Waals surface area contributed by atoms with Crippen LogP contribution in [0.25, 0.3) is 0 Å². The van der Waals surface area contributed by atoms with E-state index in [-0.39, 0.29) is 17.4 Å². The van der Waals surface area contributed by atoms with Crippen molar-refractivity contribution >= 4 is 28.6 Å². The number of hydrogen-bond donors (Lipinski definition) is 0. The Bertz CT molecular complexity index is 2230. The molecule has 0 saturated heterocycles. The van der Waals surface area contributed by atoms with Gasteiger partial charge in [0, 0.05) is 0 Å². The molecule has 9 rings (SSSR count). The van der Waals surface area contributed by atoms with E-state index in [2.05, 4.69) is 0 Å². The molecule has 6 aromatic rings. The molecule has 0 N–H and O–H groups in total. The molecule has 4 atom stereocenters. The largest absolute Gasteiger partial charge is 0.294 e. The topological polar surface area (TPSA) is 48.3 Å². The molecule has 2 heterocycles. The van der Waals surface area contributed by atoms with Crippen LogP contribution < -0.4 is 10.0 Å². The van der Waals surface area contributed by atoms with Crippen molar-refractivity contribution in [3.8, 4) is 0 Å². The van der Waals surface area contributed by atoms with Gasteiger partial charge in [0.15, 0.2) is 5.78 Å². The van der Waals surface area contributed by atoms with E-state index in [1.165, 1.54) is 24.3 Å². The first-order valence-corrected chi connectivity index (χ1v) is 18.4. The Hall–Kier alpha value is -6.21. The highest BCUT2D eigenvalue weighted by molar-refractivity contribution is 6.21. The fourth-order valence-electron chi connectivity index (χ4n) is 8.94. The van der Waals surface area contributed by atoms with Gasteiger partial charge in [-0.3, -0.25) is 14.8 Å². The molecular formula is C47H38F2N4O. The first-order chi connectivity index (χ1) is 26.3. The van der Waals surface area contributed by atoms with Crippen LogP contribution in [0.4, 0.5) is 20.2 Å².